The molecule has 20 heavy (non-hydrogen) atoms. The molecular weight excluding hydrogens is 262 g/mol. The van der Waals surface area contributed by atoms with Gasteiger partial charge < -0.3 is 25.1 Å². The van der Waals surface area contributed by atoms with Crippen LogP contribution in [-0.4, -0.2) is 43.5 Å². The molecule has 1 aliphatic rings. The van der Waals surface area contributed by atoms with Crippen LogP contribution >= 0.6 is 0 Å². The van der Waals surface area contributed by atoms with Gasteiger partial charge in [-0.25, -0.2) is 0 Å². The molecule has 6 nitrogen and oxygen atoms in total. The number of carboxylic acids is 1. The summed E-state index contributed by atoms with van der Waals surface area (Å²) in [5.74, 6) is 0.190. The van der Waals surface area contributed by atoms with Crippen LogP contribution in [0.25, 0.3) is 0 Å². The second-order valence-electron chi connectivity index (χ2n) is 4.74. The summed E-state index contributed by atoms with van der Waals surface area (Å²) < 4.78 is 16.4. The van der Waals surface area contributed by atoms with E-state index in [0.29, 0.717) is 24.7 Å². The molecule has 0 aliphatic carbocycles. The van der Waals surface area contributed by atoms with Crippen LogP contribution in [0, 0.1) is 0 Å². The van der Waals surface area contributed by atoms with E-state index in [1.54, 1.807) is 25.3 Å². The maximum Gasteiger partial charge on any atom is 0.320 e. The van der Waals surface area contributed by atoms with Gasteiger partial charge in [-0.15, -0.1) is 0 Å². The quantitative estimate of drug-likeness (QED) is 0.802. The summed E-state index contributed by atoms with van der Waals surface area (Å²) in [6.07, 6.45) is 1.09. The summed E-state index contributed by atoms with van der Waals surface area (Å²) in [6.45, 7) is 1.25. The van der Waals surface area contributed by atoms with Gasteiger partial charge in [0, 0.05) is 6.42 Å². The smallest absolute Gasteiger partial charge is 0.320 e. The van der Waals surface area contributed by atoms with E-state index < -0.39 is 12.0 Å². The Morgan fingerprint density at radius 1 is 1.55 bits per heavy atom. The molecule has 0 aromatic heterocycles. The van der Waals surface area contributed by atoms with E-state index in [1.165, 1.54) is 0 Å². The lowest BCUT2D eigenvalue weighted by atomic mass is 10.1. The van der Waals surface area contributed by atoms with Gasteiger partial charge in [-0.2, -0.15) is 0 Å². The second-order valence-corrected chi connectivity index (χ2v) is 4.74. The number of rotatable bonds is 6. The largest absolute Gasteiger partial charge is 0.493 e. The Morgan fingerprint density at radius 2 is 2.35 bits per heavy atom. The van der Waals surface area contributed by atoms with Crippen molar-refractivity contribution in [3.63, 3.8) is 0 Å². The Balaban J connectivity index is 2.12. The summed E-state index contributed by atoms with van der Waals surface area (Å²) in [5, 5.41) is 8.85. The molecule has 0 amide bonds. The number of methoxy groups -OCH3 is 1. The van der Waals surface area contributed by atoms with Gasteiger partial charge >= 0.3 is 5.97 Å². The highest BCUT2D eigenvalue weighted by molar-refractivity contribution is 5.73. The van der Waals surface area contributed by atoms with Crippen LogP contribution in [0.4, 0.5) is 0 Å². The van der Waals surface area contributed by atoms with Crippen molar-refractivity contribution in [2.24, 2.45) is 5.73 Å². The molecule has 2 atom stereocenters. The molecule has 1 aromatic carbocycles. The molecule has 3 N–H and O–H groups in total. The predicted molar refractivity (Wildman–Crippen MR) is 72.2 cm³/mol. The SMILES string of the molecule is COc1ccc(CC(N)C(=O)O)cc1OC1CCOC1. The molecule has 2 rings (SSSR count). The van der Waals surface area contributed by atoms with Crippen LogP contribution in [0.5, 0.6) is 11.5 Å². The third-order valence-corrected chi connectivity index (χ3v) is 3.18. The van der Waals surface area contributed by atoms with Gasteiger partial charge in [0.15, 0.2) is 11.5 Å². The highest BCUT2D eigenvalue weighted by Gasteiger charge is 2.20. The van der Waals surface area contributed by atoms with E-state index in [0.717, 1.165) is 12.0 Å². The van der Waals surface area contributed by atoms with Gasteiger partial charge in [0.2, 0.25) is 0 Å². The summed E-state index contributed by atoms with van der Waals surface area (Å²) in [7, 11) is 1.57. The first-order chi connectivity index (χ1) is 9.60. The Morgan fingerprint density at radius 3 is 2.95 bits per heavy atom. The number of hydrogen-bond donors (Lipinski definition) is 2. The highest BCUT2D eigenvalue weighted by atomic mass is 16.6. The van der Waals surface area contributed by atoms with Crippen LogP contribution in [0.3, 0.4) is 0 Å². The molecular formula is C14H19NO5. The maximum atomic E-state index is 10.8. The van der Waals surface area contributed by atoms with E-state index in [2.05, 4.69) is 0 Å². The van der Waals surface area contributed by atoms with Crippen LogP contribution in [0.2, 0.25) is 0 Å². The van der Waals surface area contributed by atoms with Gasteiger partial charge in [0.05, 0.1) is 20.3 Å². The van der Waals surface area contributed by atoms with E-state index in [9.17, 15) is 4.79 Å². The third kappa shape index (κ3) is 3.61. The van der Waals surface area contributed by atoms with E-state index in [4.69, 9.17) is 25.1 Å². The fourth-order valence-electron chi connectivity index (χ4n) is 2.07. The molecule has 1 aliphatic heterocycles. The minimum absolute atomic E-state index is 0.00676. The van der Waals surface area contributed by atoms with Crippen molar-refractivity contribution >= 4 is 5.97 Å². The van der Waals surface area contributed by atoms with Crippen LogP contribution in [0.1, 0.15) is 12.0 Å². The zero-order valence-corrected chi connectivity index (χ0v) is 11.4. The van der Waals surface area contributed by atoms with E-state index in [1.807, 2.05) is 0 Å². The Hall–Kier alpha value is -1.79. The molecule has 6 heteroatoms. The average Bonchev–Trinajstić information content (AvgIpc) is 2.92. The molecule has 0 saturated carbocycles. The monoisotopic (exact) mass is 281 g/mol. The third-order valence-electron chi connectivity index (χ3n) is 3.18. The van der Waals surface area contributed by atoms with Gasteiger partial charge in [0.1, 0.15) is 12.1 Å². The van der Waals surface area contributed by atoms with E-state index in [-0.39, 0.29) is 12.5 Å². The zero-order chi connectivity index (χ0) is 14.5. The van der Waals surface area contributed by atoms with E-state index >= 15 is 0 Å². The van der Waals surface area contributed by atoms with Crippen LogP contribution in [-0.2, 0) is 16.0 Å². The van der Waals surface area contributed by atoms with Crippen molar-refractivity contribution < 1.29 is 24.1 Å². The lowest BCUT2D eigenvalue weighted by Gasteiger charge is -2.16. The normalized spacial score (nSPS) is 19.6. The van der Waals surface area contributed by atoms with Gasteiger partial charge in [-0.1, -0.05) is 6.07 Å². The minimum atomic E-state index is -1.02. The molecule has 1 saturated heterocycles. The molecule has 110 valence electrons. The first kappa shape index (κ1) is 14.6. The molecule has 1 fully saturated rings. The standard InChI is InChI=1S/C14H19NO5/c1-18-12-3-2-9(6-11(15)14(16)17)7-13(12)20-10-4-5-19-8-10/h2-3,7,10-11H,4-6,8,15H2,1H3,(H,16,17). The predicted octanol–water partition coefficient (Wildman–Crippen LogP) is 0.817. The molecule has 2 unspecified atom stereocenters. The van der Waals surface area contributed by atoms with Gasteiger partial charge in [-0.3, -0.25) is 4.79 Å². The average molecular weight is 281 g/mol. The summed E-state index contributed by atoms with van der Waals surface area (Å²) in [5.41, 5.74) is 6.34. The first-order valence-corrected chi connectivity index (χ1v) is 6.50. The number of carbonyl (C=O) groups is 1. The number of nitrogens with two attached hydrogens (primary N) is 1. The second kappa shape index (κ2) is 6.58. The Bertz CT molecular complexity index is 471. The van der Waals surface area contributed by atoms with Crippen molar-refractivity contribution in [2.75, 3.05) is 20.3 Å². The summed E-state index contributed by atoms with van der Waals surface area (Å²) in [6, 6.07) is 4.40. The Labute approximate surface area is 117 Å². The van der Waals surface area contributed by atoms with Crippen molar-refractivity contribution in [3.05, 3.63) is 23.8 Å². The highest BCUT2D eigenvalue weighted by Crippen LogP contribution is 2.30. The van der Waals surface area contributed by atoms with Crippen molar-refractivity contribution in [3.8, 4) is 11.5 Å². The number of carboxylic acid groups (broad SMARTS) is 1. The maximum absolute atomic E-state index is 10.8. The zero-order valence-electron chi connectivity index (χ0n) is 11.4. The number of ether oxygens (including phenoxy) is 3. The molecule has 1 aromatic rings. The minimum Gasteiger partial charge on any atom is -0.493 e. The van der Waals surface area contributed by atoms with Crippen LogP contribution in [0.15, 0.2) is 18.2 Å². The fraction of sp³-hybridized carbons (Fsp3) is 0.500. The number of aliphatic carboxylic acids is 1. The van der Waals surface area contributed by atoms with Crippen molar-refractivity contribution in [2.45, 2.75) is 25.0 Å². The van der Waals surface area contributed by atoms with Crippen molar-refractivity contribution in [1.82, 2.24) is 0 Å². The summed E-state index contributed by atoms with van der Waals surface area (Å²) >= 11 is 0. The van der Waals surface area contributed by atoms with Crippen LogP contribution < -0.4 is 15.2 Å². The fourth-order valence-corrected chi connectivity index (χ4v) is 2.07. The van der Waals surface area contributed by atoms with Gasteiger partial charge in [-0.05, 0) is 24.1 Å². The summed E-state index contributed by atoms with van der Waals surface area (Å²) in [4.78, 5) is 10.8. The molecule has 0 spiro atoms. The molecule has 1 heterocycles. The number of benzene rings is 1. The number of hydrogen-bond acceptors (Lipinski definition) is 5. The lowest BCUT2D eigenvalue weighted by Crippen LogP contribution is -2.32. The lowest BCUT2D eigenvalue weighted by molar-refractivity contribution is -0.138. The van der Waals surface area contributed by atoms with Crippen molar-refractivity contribution in [1.29, 1.82) is 0 Å². The Kier molecular flexibility index (Phi) is 4.81. The topological polar surface area (TPSA) is 91.0 Å². The molecule has 0 radical (unpaired) electrons. The first-order valence-electron chi connectivity index (χ1n) is 6.50. The molecule has 0 bridgehead atoms. The van der Waals surface area contributed by atoms with Gasteiger partial charge in [0.25, 0.3) is 0 Å².